The van der Waals surface area contributed by atoms with E-state index in [1.54, 1.807) is 0 Å². The summed E-state index contributed by atoms with van der Waals surface area (Å²) >= 11 is 0. The predicted octanol–water partition coefficient (Wildman–Crippen LogP) is -7.26. The Kier molecular flexibility index (Phi) is 14.2. The summed E-state index contributed by atoms with van der Waals surface area (Å²) in [5.74, 6) is -1.55. The number of rotatable bonds is 13. The van der Waals surface area contributed by atoms with E-state index in [0.29, 0.717) is 0 Å². The first-order valence-electron chi connectivity index (χ1n) is 14.8. The molecular formula is C26H48N5O14. The van der Waals surface area contributed by atoms with Gasteiger partial charge >= 0.3 is 5.97 Å². The first kappa shape index (κ1) is 37.8. The number of carbonyl (C=O) groups is 2. The molecule has 3 aliphatic rings. The molecule has 3 fully saturated rings. The van der Waals surface area contributed by atoms with Gasteiger partial charge in [0.2, 0.25) is 5.91 Å². The molecule has 19 nitrogen and oxygen atoms in total. The van der Waals surface area contributed by atoms with Crippen molar-refractivity contribution in [1.82, 2.24) is 5.32 Å². The molecule has 0 aromatic heterocycles. The lowest BCUT2D eigenvalue weighted by atomic mass is 9.83. The van der Waals surface area contributed by atoms with Crippen LogP contribution in [0.15, 0.2) is 0 Å². The third-order valence-corrected chi connectivity index (χ3v) is 8.13. The number of hydrogen-bond acceptors (Lipinski definition) is 18. The molecule has 2 saturated heterocycles. The van der Waals surface area contributed by atoms with Gasteiger partial charge in [-0.3, -0.25) is 9.59 Å². The standard InChI is InChI=1S/C26H48N5O14/c1-2-3-14(34)43-23-13(8-32)42-25(17(36)15(23)30)45-22-10(31-24(40)11(33)4-5-27)6-9(29)21(20(22)39)44-26-19(38)18(37)16(35)12(7-28)41-26/h9-13,15-23,25-26,32-33,35-39H,1-8,27-30H2,(H,31,40)/t9-,10+,11-,12+,13-,15-,16+,17+,18+,19-,20+,21+,22-,23+,25-,26+/m0/s1. The molecule has 0 aromatic rings. The third kappa shape index (κ3) is 8.83. The minimum atomic E-state index is -1.78. The molecule has 0 bridgehead atoms. The van der Waals surface area contributed by atoms with Crippen molar-refractivity contribution in [3.63, 3.8) is 0 Å². The summed E-state index contributed by atoms with van der Waals surface area (Å²) in [6.45, 7) is 2.61. The van der Waals surface area contributed by atoms with E-state index in [-0.39, 0.29) is 38.8 Å². The number of nitrogens with one attached hydrogen (secondary N) is 1. The number of ether oxygens (including phenoxy) is 5. The van der Waals surface area contributed by atoms with Crippen molar-refractivity contribution in [2.24, 2.45) is 22.9 Å². The molecule has 0 spiro atoms. The van der Waals surface area contributed by atoms with Crippen LogP contribution in [0, 0.1) is 6.92 Å². The Morgan fingerprint density at radius 3 is 2.11 bits per heavy atom. The third-order valence-electron chi connectivity index (χ3n) is 8.13. The van der Waals surface area contributed by atoms with Gasteiger partial charge in [0.15, 0.2) is 12.6 Å². The van der Waals surface area contributed by atoms with E-state index in [9.17, 15) is 45.3 Å². The van der Waals surface area contributed by atoms with Gasteiger partial charge in [-0.2, -0.15) is 0 Å². The van der Waals surface area contributed by atoms with E-state index in [4.69, 9.17) is 46.6 Å². The van der Waals surface area contributed by atoms with Crippen molar-refractivity contribution < 1.29 is 69.0 Å². The molecule has 0 aromatic carbocycles. The minimum Gasteiger partial charge on any atom is -0.458 e. The first-order valence-corrected chi connectivity index (χ1v) is 14.8. The lowest BCUT2D eigenvalue weighted by Gasteiger charge is -2.49. The zero-order chi connectivity index (χ0) is 33.6. The fourth-order valence-corrected chi connectivity index (χ4v) is 5.56. The van der Waals surface area contributed by atoms with Crippen LogP contribution < -0.4 is 28.3 Å². The Morgan fingerprint density at radius 1 is 0.889 bits per heavy atom. The van der Waals surface area contributed by atoms with Gasteiger partial charge in [0.05, 0.1) is 18.7 Å². The fraction of sp³-hybridized carbons (Fsp3) is 0.885. The van der Waals surface area contributed by atoms with Crippen molar-refractivity contribution in [3.8, 4) is 0 Å². The quantitative estimate of drug-likeness (QED) is 0.0820. The van der Waals surface area contributed by atoms with Gasteiger partial charge in [0.25, 0.3) is 0 Å². The van der Waals surface area contributed by atoms with Crippen molar-refractivity contribution in [3.05, 3.63) is 6.92 Å². The Hall–Kier alpha value is -1.66. The van der Waals surface area contributed by atoms with Crippen LogP contribution in [-0.4, -0.2) is 165 Å². The largest absolute Gasteiger partial charge is 0.458 e. The van der Waals surface area contributed by atoms with Gasteiger partial charge in [-0.15, -0.1) is 0 Å². The lowest BCUT2D eigenvalue weighted by Crippen LogP contribution is -2.69. The predicted molar refractivity (Wildman–Crippen MR) is 150 cm³/mol. The van der Waals surface area contributed by atoms with E-state index in [1.165, 1.54) is 0 Å². The summed E-state index contributed by atoms with van der Waals surface area (Å²) in [7, 11) is 0. The van der Waals surface area contributed by atoms with Crippen molar-refractivity contribution >= 4 is 11.9 Å². The highest BCUT2D eigenvalue weighted by molar-refractivity contribution is 5.80. The fourth-order valence-electron chi connectivity index (χ4n) is 5.56. The topological polar surface area (TPSA) is 338 Å². The van der Waals surface area contributed by atoms with Crippen LogP contribution in [0.2, 0.25) is 0 Å². The van der Waals surface area contributed by atoms with Gasteiger partial charge in [-0.05, 0) is 25.8 Å². The summed E-state index contributed by atoms with van der Waals surface area (Å²) < 4.78 is 28.2. The van der Waals surface area contributed by atoms with Crippen LogP contribution in [-0.2, 0) is 33.3 Å². The SMILES string of the molecule is [CH2]CCC(=O)O[C@H]1[C@@H](N)[C@@H](O)[C@H](O[C@@H]2[C@H](O)[C@H](O[C@H]3O[C@H](CN)[C@@H](O)[C@@H](O)[C@@H]3O)[C@@H](N)C[C@H]2NC(=O)[C@@H](O)CCN)O[C@H]1CO. The number of amides is 1. The maximum absolute atomic E-state index is 12.7. The molecular weight excluding hydrogens is 606 g/mol. The molecule has 2 aliphatic heterocycles. The summed E-state index contributed by atoms with van der Waals surface area (Å²) in [6.07, 6.45) is -19.9. The van der Waals surface area contributed by atoms with E-state index in [0.717, 1.165) is 0 Å². The Labute approximate surface area is 259 Å². The molecule has 16 atom stereocenters. The van der Waals surface area contributed by atoms with Crippen molar-refractivity contribution in [2.45, 2.75) is 124 Å². The number of nitrogens with two attached hydrogens (primary N) is 4. The molecule has 2 heterocycles. The van der Waals surface area contributed by atoms with Crippen LogP contribution >= 0.6 is 0 Å². The highest BCUT2D eigenvalue weighted by atomic mass is 16.7. The number of esters is 1. The van der Waals surface area contributed by atoms with Gasteiger partial charge in [-0.25, -0.2) is 0 Å². The first-order chi connectivity index (χ1) is 21.3. The second-order valence-corrected chi connectivity index (χ2v) is 11.4. The second kappa shape index (κ2) is 16.9. The van der Waals surface area contributed by atoms with Gasteiger partial charge in [0, 0.05) is 19.0 Å². The number of hydrogen-bond donors (Lipinski definition) is 12. The van der Waals surface area contributed by atoms with Crippen LogP contribution in [0.5, 0.6) is 0 Å². The second-order valence-electron chi connectivity index (χ2n) is 11.4. The molecule has 1 saturated carbocycles. The molecule has 1 amide bonds. The molecule has 261 valence electrons. The average Bonchev–Trinajstić information content (AvgIpc) is 3.00. The Bertz CT molecular complexity index is 952. The molecule has 3 rings (SSSR count). The smallest absolute Gasteiger partial charge is 0.306 e. The number of carbonyl (C=O) groups excluding carboxylic acids is 2. The summed E-state index contributed by atoms with van der Waals surface area (Å²) in [4.78, 5) is 24.8. The van der Waals surface area contributed by atoms with E-state index >= 15 is 0 Å². The summed E-state index contributed by atoms with van der Waals surface area (Å²) in [6, 6.07) is -3.53. The zero-order valence-electron chi connectivity index (χ0n) is 24.7. The van der Waals surface area contributed by atoms with Crippen LogP contribution in [0.4, 0.5) is 0 Å². The molecule has 1 aliphatic carbocycles. The Morgan fingerprint density at radius 2 is 1.51 bits per heavy atom. The van der Waals surface area contributed by atoms with Crippen molar-refractivity contribution in [1.29, 1.82) is 0 Å². The normalized spacial score (nSPS) is 43.0. The molecule has 0 unspecified atom stereocenters. The highest BCUT2D eigenvalue weighted by Crippen LogP contribution is 2.32. The van der Waals surface area contributed by atoms with Crippen LogP contribution in [0.1, 0.15) is 25.7 Å². The van der Waals surface area contributed by atoms with Crippen LogP contribution in [0.25, 0.3) is 0 Å². The van der Waals surface area contributed by atoms with Gasteiger partial charge in [-0.1, -0.05) is 6.92 Å². The average molecular weight is 655 g/mol. The molecule has 45 heavy (non-hydrogen) atoms. The zero-order valence-corrected chi connectivity index (χ0v) is 24.7. The number of aliphatic hydroxyl groups is 7. The van der Waals surface area contributed by atoms with E-state index in [2.05, 4.69) is 12.2 Å². The molecule has 1 radical (unpaired) electrons. The van der Waals surface area contributed by atoms with E-state index < -0.39 is 116 Å². The molecule has 19 heteroatoms. The van der Waals surface area contributed by atoms with Gasteiger partial charge < -0.3 is 87.7 Å². The van der Waals surface area contributed by atoms with Gasteiger partial charge in [0.1, 0.15) is 67.1 Å². The summed E-state index contributed by atoms with van der Waals surface area (Å²) in [5, 5.41) is 76.0. The number of aliphatic hydroxyl groups excluding tert-OH is 7. The lowest BCUT2D eigenvalue weighted by molar-refractivity contribution is -0.333. The summed E-state index contributed by atoms with van der Waals surface area (Å²) in [5.41, 5.74) is 23.5. The highest BCUT2D eigenvalue weighted by Gasteiger charge is 2.53. The Balaban J connectivity index is 1.86. The monoisotopic (exact) mass is 654 g/mol. The van der Waals surface area contributed by atoms with Crippen molar-refractivity contribution in [2.75, 3.05) is 19.7 Å². The maximum atomic E-state index is 12.7. The maximum Gasteiger partial charge on any atom is 0.306 e. The minimum absolute atomic E-state index is 0.00561. The molecule has 16 N–H and O–H groups in total. The van der Waals surface area contributed by atoms with E-state index in [1.807, 2.05) is 0 Å². The van der Waals surface area contributed by atoms with Crippen LogP contribution in [0.3, 0.4) is 0 Å².